The molecule has 8 heteroatoms. The second-order valence-electron chi connectivity index (χ2n) is 8.44. The van der Waals surface area contributed by atoms with E-state index in [0.29, 0.717) is 12.3 Å². The average Bonchev–Trinajstić information content (AvgIpc) is 2.77. The van der Waals surface area contributed by atoms with Crippen LogP contribution in [0.5, 0.6) is 0 Å². The number of nitrogens with two attached hydrogens (primary N) is 1. The maximum absolute atomic E-state index is 12.6. The third kappa shape index (κ3) is 6.87. The first kappa shape index (κ1) is 23.9. The second kappa shape index (κ2) is 10.3. The molecule has 0 saturated carbocycles. The predicted octanol–water partition coefficient (Wildman–Crippen LogP) is 3.06. The number of piperidine rings is 1. The number of hydrogen-bond acceptors (Lipinski definition) is 6. The largest absolute Gasteiger partial charge is 0.324 e. The Hall–Kier alpha value is -1.74. The van der Waals surface area contributed by atoms with Gasteiger partial charge in [-0.2, -0.15) is 0 Å². The molecule has 6 nitrogen and oxygen atoms in total. The van der Waals surface area contributed by atoms with E-state index in [1.807, 2.05) is 18.2 Å². The highest BCUT2D eigenvalue weighted by atomic mass is 32.2. The van der Waals surface area contributed by atoms with Crippen molar-refractivity contribution >= 4 is 19.7 Å². The standard InChI is InChI=1S/C23H32N2O4S2/c1-30(26,27)21-7-9-22(10-8-21)31(28,29)18-14-19-11-15-25(16-12-19)17-13-23(24)20-5-3-2-4-6-20/h2-10,19,23H,11-18,24H2,1H3/t23-/m0/s1. The van der Waals surface area contributed by atoms with Crippen LogP contribution in [-0.2, 0) is 19.7 Å². The average molecular weight is 465 g/mol. The first-order chi connectivity index (χ1) is 14.6. The summed E-state index contributed by atoms with van der Waals surface area (Å²) in [6, 6.07) is 15.7. The molecule has 1 fully saturated rings. The van der Waals surface area contributed by atoms with Crippen LogP contribution in [0.1, 0.15) is 37.3 Å². The van der Waals surface area contributed by atoms with Crippen LogP contribution in [0.25, 0.3) is 0 Å². The Morgan fingerprint density at radius 3 is 2.10 bits per heavy atom. The van der Waals surface area contributed by atoms with E-state index in [0.717, 1.165) is 50.7 Å². The fraction of sp³-hybridized carbons (Fsp3) is 0.478. The van der Waals surface area contributed by atoms with Crippen molar-refractivity contribution in [2.75, 3.05) is 31.6 Å². The van der Waals surface area contributed by atoms with Gasteiger partial charge >= 0.3 is 0 Å². The molecule has 0 unspecified atom stereocenters. The minimum Gasteiger partial charge on any atom is -0.324 e. The highest BCUT2D eigenvalue weighted by molar-refractivity contribution is 7.91. The number of rotatable bonds is 9. The van der Waals surface area contributed by atoms with Gasteiger partial charge in [0, 0.05) is 12.3 Å². The highest BCUT2D eigenvalue weighted by Gasteiger charge is 2.23. The van der Waals surface area contributed by atoms with Gasteiger partial charge < -0.3 is 10.6 Å². The third-order valence-electron chi connectivity index (χ3n) is 6.10. The summed E-state index contributed by atoms with van der Waals surface area (Å²) in [5.74, 6) is 0.485. The van der Waals surface area contributed by atoms with Gasteiger partial charge in [-0.05, 0) is 81.1 Å². The minimum atomic E-state index is -3.41. The van der Waals surface area contributed by atoms with Crippen molar-refractivity contribution in [3.63, 3.8) is 0 Å². The lowest BCUT2D eigenvalue weighted by Gasteiger charge is -2.32. The van der Waals surface area contributed by atoms with Gasteiger partial charge in [-0.3, -0.25) is 0 Å². The zero-order valence-corrected chi connectivity index (χ0v) is 19.6. The van der Waals surface area contributed by atoms with Gasteiger partial charge in [0.25, 0.3) is 0 Å². The van der Waals surface area contributed by atoms with Crippen molar-refractivity contribution in [1.82, 2.24) is 4.90 Å². The van der Waals surface area contributed by atoms with Crippen molar-refractivity contribution < 1.29 is 16.8 Å². The van der Waals surface area contributed by atoms with Gasteiger partial charge in [-0.25, -0.2) is 16.8 Å². The molecule has 31 heavy (non-hydrogen) atoms. The van der Waals surface area contributed by atoms with Gasteiger partial charge in [0.05, 0.1) is 15.5 Å². The van der Waals surface area contributed by atoms with Crippen LogP contribution < -0.4 is 5.73 Å². The normalized spacial score (nSPS) is 17.5. The summed E-state index contributed by atoms with van der Waals surface area (Å²) in [6.07, 6.45) is 4.63. The number of sulfone groups is 2. The van der Waals surface area contributed by atoms with Crippen LogP contribution in [0.4, 0.5) is 0 Å². The molecule has 2 aromatic rings. The monoisotopic (exact) mass is 464 g/mol. The second-order valence-corrected chi connectivity index (χ2v) is 12.6. The molecule has 1 saturated heterocycles. The molecular formula is C23H32N2O4S2. The van der Waals surface area contributed by atoms with Crippen LogP contribution >= 0.6 is 0 Å². The van der Waals surface area contributed by atoms with Crippen molar-refractivity contribution in [3.05, 3.63) is 60.2 Å². The fourth-order valence-electron chi connectivity index (χ4n) is 4.02. The SMILES string of the molecule is CS(=O)(=O)c1ccc(S(=O)(=O)CCC2CCN(CC[C@H](N)c3ccccc3)CC2)cc1. The molecule has 0 aliphatic carbocycles. The van der Waals surface area contributed by atoms with Gasteiger partial charge in [0.15, 0.2) is 19.7 Å². The zero-order valence-electron chi connectivity index (χ0n) is 18.0. The van der Waals surface area contributed by atoms with Crippen LogP contribution in [0.3, 0.4) is 0 Å². The maximum Gasteiger partial charge on any atom is 0.178 e. The lowest BCUT2D eigenvalue weighted by Crippen LogP contribution is -2.36. The van der Waals surface area contributed by atoms with Gasteiger partial charge in [-0.15, -0.1) is 0 Å². The van der Waals surface area contributed by atoms with Crippen LogP contribution in [0, 0.1) is 5.92 Å². The summed E-state index contributed by atoms with van der Waals surface area (Å²) in [6.45, 7) is 2.89. The highest BCUT2D eigenvalue weighted by Crippen LogP contribution is 2.24. The number of hydrogen-bond donors (Lipinski definition) is 1. The van der Waals surface area contributed by atoms with Crippen LogP contribution in [0.15, 0.2) is 64.4 Å². The van der Waals surface area contributed by atoms with E-state index in [1.165, 1.54) is 24.3 Å². The molecule has 1 heterocycles. The summed E-state index contributed by atoms with van der Waals surface area (Å²) < 4.78 is 48.4. The van der Waals surface area contributed by atoms with E-state index < -0.39 is 19.7 Å². The quantitative estimate of drug-likeness (QED) is 0.613. The van der Waals surface area contributed by atoms with Crippen molar-refractivity contribution in [1.29, 1.82) is 0 Å². The Labute approximate surface area is 186 Å². The van der Waals surface area contributed by atoms with E-state index in [4.69, 9.17) is 5.73 Å². The molecule has 0 aromatic heterocycles. The molecule has 0 amide bonds. The summed E-state index contributed by atoms with van der Waals surface area (Å²) >= 11 is 0. The molecule has 0 radical (unpaired) electrons. The Morgan fingerprint density at radius 1 is 0.935 bits per heavy atom. The maximum atomic E-state index is 12.6. The van der Waals surface area contributed by atoms with E-state index >= 15 is 0 Å². The summed E-state index contributed by atoms with van der Waals surface area (Å²) in [5, 5.41) is 0. The van der Waals surface area contributed by atoms with Crippen LogP contribution in [0.2, 0.25) is 0 Å². The van der Waals surface area contributed by atoms with Crippen LogP contribution in [-0.4, -0.2) is 53.4 Å². The zero-order chi connectivity index (χ0) is 22.5. The topological polar surface area (TPSA) is 97.5 Å². The molecule has 0 spiro atoms. The van der Waals surface area contributed by atoms with E-state index in [9.17, 15) is 16.8 Å². The Balaban J connectivity index is 1.43. The van der Waals surface area contributed by atoms with Gasteiger partial charge in [0.2, 0.25) is 0 Å². The summed E-state index contributed by atoms with van der Waals surface area (Å²) in [5.41, 5.74) is 7.46. The van der Waals surface area contributed by atoms with Gasteiger partial charge in [0.1, 0.15) is 0 Å². The van der Waals surface area contributed by atoms with E-state index in [-0.39, 0.29) is 21.6 Å². The van der Waals surface area contributed by atoms with Crippen molar-refractivity contribution in [2.24, 2.45) is 11.7 Å². The third-order valence-corrected chi connectivity index (χ3v) is 8.99. The van der Waals surface area contributed by atoms with Crippen molar-refractivity contribution in [2.45, 2.75) is 41.5 Å². The Kier molecular flexibility index (Phi) is 7.91. The summed E-state index contributed by atoms with van der Waals surface area (Å²) in [4.78, 5) is 2.73. The van der Waals surface area contributed by atoms with Crippen molar-refractivity contribution in [3.8, 4) is 0 Å². The Bertz CT molecular complexity index is 1040. The molecule has 3 rings (SSSR count). The number of nitrogens with zero attached hydrogens (tertiary/aromatic N) is 1. The molecule has 1 aliphatic rings. The van der Waals surface area contributed by atoms with E-state index in [1.54, 1.807) is 0 Å². The van der Waals surface area contributed by atoms with Gasteiger partial charge in [-0.1, -0.05) is 30.3 Å². The Morgan fingerprint density at radius 2 is 1.52 bits per heavy atom. The molecular weight excluding hydrogens is 432 g/mol. The first-order valence-corrected chi connectivity index (χ1v) is 14.3. The molecule has 170 valence electrons. The molecule has 1 atom stereocenters. The smallest absolute Gasteiger partial charge is 0.178 e. The molecule has 2 aromatic carbocycles. The lowest BCUT2D eigenvalue weighted by molar-refractivity contribution is 0.177. The molecule has 2 N–H and O–H groups in total. The molecule has 0 bridgehead atoms. The lowest BCUT2D eigenvalue weighted by atomic mass is 9.94. The van der Waals surface area contributed by atoms with E-state index in [2.05, 4.69) is 17.0 Å². The summed E-state index contributed by atoms with van der Waals surface area (Å²) in [7, 11) is -6.75. The molecule has 1 aliphatic heterocycles. The predicted molar refractivity (Wildman–Crippen MR) is 123 cm³/mol. The first-order valence-electron chi connectivity index (χ1n) is 10.7. The number of likely N-dealkylation sites (tertiary alicyclic amines) is 1. The fourth-order valence-corrected chi connectivity index (χ4v) is 6.08. The number of benzene rings is 2. The minimum absolute atomic E-state index is 0.0400.